The van der Waals surface area contributed by atoms with E-state index in [4.69, 9.17) is 11.6 Å². The average molecular weight is 434 g/mol. The lowest BCUT2D eigenvalue weighted by molar-refractivity contribution is 0.624. The van der Waals surface area contributed by atoms with Gasteiger partial charge in [-0.15, -0.1) is 24.0 Å². The first-order chi connectivity index (χ1) is 10.2. The molecule has 0 radical (unpaired) electrons. The molecule has 2 aromatic carbocycles. The molecule has 0 aliphatic carbocycles. The van der Waals surface area contributed by atoms with E-state index in [0.717, 1.165) is 11.1 Å². The van der Waals surface area contributed by atoms with Crippen LogP contribution in [0.1, 0.15) is 11.1 Å². The predicted octanol–water partition coefficient (Wildman–Crippen LogP) is 3.96. The van der Waals surface area contributed by atoms with Gasteiger partial charge < -0.3 is 10.6 Å². The van der Waals surface area contributed by atoms with E-state index in [1.807, 2.05) is 30.3 Å². The molecule has 0 heterocycles. The molecule has 3 nitrogen and oxygen atoms in total. The van der Waals surface area contributed by atoms with Crippen molar-refractivity contribution in [2.45, 2.75) is 13.1 Å². The quantitative estimate of drug-likeness (QED) is 0.435. The third-order valence-corrected chi connectivity index (χ3v) is 3.35. The van der Waals surface area contributed by atoms with Gasteiger partial charge in [0.15, 0.2) is 5.96 Å². The second-order valence-electron chi connectivity index (χ2n) is 4.50. The van der Waals surface area contributed by atoms with Crippen LogP contribution in [-0.2, 0) is 13.1 Å². The standard InChI is InChI=1S/C16H17ClFN3.HI/c1-19-16(20-10-12-5-4-7-14(18)9-12)21-11-13-6-2-3-8-15(13)17;/h2-9H,10-11H2,1H3,(H2,19,20,21);1H. The topological polar surface area (TPSA) is 36.4 Å². The first kappa shape index (κ1) is 18.7. The Bertz CT molecular complexity index is 634. The number of hydrogen-bond donors (Lipinski definition) is 2. The molecule has 22 heavy (non-hydrogen) atoms. The second-order valence-corrected chi connectivity index (χ2v) is 4.91. The summed E-state index contributed by atoms with van der Waals surface area (Å²) in [5.74, 6) is 0.396. The molecule has 0 aliphatic rings. The van der Waals surface area contributed by atoms with Gasteiger partial charge in [0, 0.05) is 25.2 Å². The van der Waals surface area contributed by atoms with Gasteiger partial charge >= 0.3 is 0 Å². The third kappa shape index (κ3) is 5.81. The van der Waals surface area contributed by atoms with Crippen LogP contribution in [0, 0.1) is 5.82 Å². The zero-order valence-electron chi connectivity index (χ0n) is 12.1. The molecule has 0 fully saturated rings. The summed E-state index contributed by atoms with van der Waals surface area (Å²) in [6, 6.07) is 14.1. The fraction of sp³-hybridized carbons (Fsp3) is 0.188. The molecule has 0 spiro atoms. The normalized spacial score (nSPS) is 10.8. The molecular weight excluding hydrogens is 416 g/mol. The van der Waals surface area contributed by atoms with Crippen molar-refractivity contribution in [1.29, 1.82) is 0 Å². The Morgan fingerprint density at radius 2 is 1.82 bits per heavy atom. The number of halogens is 3. The van der Waals surface area contributed by atoms with Crippen LogP contribution >= 0.6 is 35.6 Å². The molecule has 0 saturated heterocycles. The number of nitrogens with one attached hydrogen (secondary N) is 2. The monoisotopic (exact) mass is 433 g/mol. The summed E-state index contributed by atoms with van der Waals surface area (Å²) >= 11 is 6.10. The zero-order chi connectivity index (χ0) is 15.1. The summed E-state index contributed by atoms with van der Waals surface area (Å²) < 4.78 is 13.1. The van der Waals surface area contributed by atoms with Crippen molar-refractivity contribution in [2.75, 3.05) is 7.05 Å². The summed E-state index contributed by atoms with van der Waals surface area (Å²) in [5.41, 5.74) is 1.85. The van der Waals surface area contributed by atoms with Gasteiger partial charge in [0.25, 0.3) is 0 Å². The first-order valence-corrected chi connectivity index (χ1v) is 6.99. The zero-order valence-corrected chi connectivity index (χ0v) is 15.2. The van der Waals surface area contributed by atoms with Crippen LogP contribution in [0.25, 0.3) is 0 Å². The average Bonchev–Trinajstić information content (AvgIpc) is 2.49. The van der Waals surface area contributed by atoms with Crippen LogP contribution in [0.3, 0.4) is 0 Å². The maximum atomic E-state index is 13.1. The molecule has 0 aliphatic heterocycles. The van der Waals surface area contributed by atoms with Gasteiger partial charge in [-0.05, 0) is 29.3 Å². The van der Waals surface area contributed by atoms with Crippen molar-refractivity contribution >= 4 is 41.5 Å². The van der Waals surface area contributed by atoms with E-state index >= 15 is 0 Å². The Morgan fingerprint density at radius 3 is 2.50 bits per heavy atom. The number of benzene rings is 2. The number of guanidine groups is 1. The van der Waals surface area contributed by atoms with Crippen LogP contribution in [0.5, 0.6) is 0 Å². The van der Waals surface area contributed by atoms with Gasteiger partial charge in [-0.25, -0.2) is 4.39 Å². The number of nitrogens with zero attached hydrogens (tertiary/aromatic N) is 1. The molecular formula is C16H18ClFIN3. The minimum Gasteiger partial charge on any atom is -0.352 e. The minimum atomic E-state index is -0.242. The van der Waals surface area contributed by atoms with E-state index in [2.05, 4.69) is 15.6 Å². The maximum Gasteiger partial charge on any atom is 0.191 e. The second kappa shape index (κ2) is 9.63. The summed E-state index contributed by atoms with van der Waals surface area (Å²) in [4.78, 5) is 4.13. The van der Waals surface area contributed by atoms with Crippen LogP contribution in [0.15, 0.2) is 53.5 Å². The molecule has 2 N–H and O–H groups in total. The van der Waals surface area contributed by atoms with Crippen LogP contribution in [0.2, 0.25) is 5.02 Å². The number of aliphatic imine (C=N–C) groups is 1. The molecule has 2 rings (SSSR count). The Kier molecular flexibility index (Phi) is 8.19. The minimum absolute atomic E-state index is 0. The van der Waals surface area contributed by atoms with Crippen molar-refractivity contribution in [2.24, 2.45) is 4.99 Å². The molecule has 0 unspecified atom stereocenters. The highest BCUT2D eigenvalue weighted by Gasteiger charge is 2.02. The fourth-order valence-electron chi connectivity index (χ4n) is 1.87. The highest BCUT2D eigenvalue weighted by atomic mass is 127. The Labute approximate surface area is 152 Å². The lowest BCUT2D eigenvalue weighted by Gasteiger charge is -2.12. The fourth-order valence-corrected chi connectivity index (χ4v) is 2.08. The van der Waals surface area contributed by atoms with Crippen LogP contribution < -0.4 is 10.6 Å². The van der Waals surface area contributed by atoms with E-state index in [1.54, 1.807) is 13.1 Å². The molecule has 118 valence electrons. The van der Waals surface area contributed by atoms with Gasteiger partial charge in [-0.2, -0.15) is 0 Å². The Balaban J connectivity index is 0.00000242. The molecule has 0 bridgehead atoms. The smallest absolute Gasteiger partial charge is 0.191 e. The van der Waals surface area contributed by atoms with Gasteiger partial charge in [-0.1, -0.05) is 41.9 Å². The predicted molar refractivity (Wildman–Crippen MR) is 100 cm³/mol. The summed E-state index contributed by atoms with van der Waals surface area (Å²) in [5, 5.41) is 7.02. The Morgan fingerprint density at radius 1 is 1.09 bits per heavy atom. The van der Waals surface area contributed by atoms with E-state index in [1.165, 1.54) is 12.1 Å². The lowest BCUT2D eigenvalue weighted by Crippen LogP contribution is -2.36. The molecule has 0 atom stereocenters. The number of hydrogen-bond acceptors (Lipinski definition) is 1. The highest BCUT2D eigenvalue weighted by molar-refractivity contribution is 14.0. The highest BCUT2D eigenvalue weighted by Crippen LogP contribution is 2.14. The SMILES string of the molecule is CN=C(NCc1cccc(F)c1)NCc1ccccc1Cl.I. The van der Waals surface area contributed by atoms with Gasteiger partial charge in [-0.3, -0.25) is 4.99 Å². The molecule has 0 aromatic heterocycles. The molecule has 2 aromatic rings. The van der Waals surface area contributed by atoms with Crippen molar-refractivity contribution < 1.29 is 4.39 Å². The van der Waals surface area contributed by atoms with E-state index < -0.39 is 0 Å². The van der Waals surface area contributed by atoms with E-state index in [0.29, 0.717) is 24.1 Å². The van der Waals surface area contributed by atoms with Crippen molar-refractivity contribution in [3.8, 4) is 0 Å². The lowest BCUT2D eigenvalue weighted by atomic mass is 10.2. The molecule has 0 amide bonds. The first-order valence-electron chi connectivity index (χ1n) is 6.61. The summed E-state index contributed by atoms with van der Waals surface area (Å²) in [6.07, 6.45) is 0. The van der Waals surface area contributed by atoms with Gasteiger partial charge in [0.1, 0.15) is 5.82 Å². The summed E-state index contributed by atoms with van der Waals surface area (Å²) in [6.45, 7) is 1.07. The molecule has 0 saturated carbocycles. The van der Waals surface area contributed by atoms with Gasteiger partial charge in [0.05, 0.1) is 0 Å². The van der Waals surface area contributed by atoms with Crippen LogP contribution in [0.4, 0.5) is 4.39 Å². The van der Waals surface area contributed by atoms with E-state index in [9.17, 15) is 4.39 Å². The van der Waals surface area contributed by atoms with Crippen molar-refractivity contribution in [3.63, 3.8) is 0 Å². The third-order valence-electron chi connectivity index (χ3n) is 2.98. The van der Waals surface area contributed by atoms with Crippen molar-refractivity contribution in [1.82, 2.24) is 10.6 Å². The largest absolute Gasteiger partial charge is 0.352 e. The van der Waals surface area contributed by atoms with Crippen molar-refractivity contribution in [3.05, 3.63) is 70.5 Å². The molecule has 6 heteroatoms. The van der Waals surface area contributed by atoms with Crippen LogP contribution in [-0.4, -0.2) is 13.0 Å². The Hall–Kier alpha value is -1.34. The summed E-state index contributed by atoms with van der Waals surface area (Å²) in [7, 11) is 1.69. The number of rotatable bonds is 4. The van der Waals surface area contributed by atoms with Gasteiger partial charge in [0.2, 0.25) is 0 Å². The maximum absolute atomic E-state index is 13.1. The van der Waals surface area contributed by atoms with E-state index in [-0.39, 0.29) is 29.8 Å².